The van der Waals surface area contributed by atoms with E-state index in [0.29, 0.717) is 6.04 Å². The zero-order valence-electron chi connectivity index (χ0n) is 9.83. The van der Waals surface area contributed by atoms with Gasteiger partial charge >= 0.3 is 0 Å². The summed E-state index contributed by atoms with van der Waals surface area (Å²) in [5, 5.41) is 12.3. The number of benzene rings is 1. The highest BCUT2D eigenvalue weighted by atomic mass is 15.2. The number of hydrogen-bond acceptors (Lipinski definition) is 3. The van der Waals surface area contributed by atoms with Crippen molar-refractivity contribution in [2.24, 2.45) is 0 Å². The quantitative estimate of drug-likeness (QED) is 0.774. The Morgan fingerprint density at radius 2 is 2.31 bits per heavy atom. The molecule has 0 amide bonds. The Labute approximate surface area is 96.7 Å². The van der Waals surface area contributed by atoms with Gasteiger partial charge in [0.15, 0.2) is 0 Å². The number of rotatable bonds is 1. The molecule has 0 radical (unpaired) electrons. The van der Waals surface area contributed by atoms with Crippen LogP contribution in [-0.4, -0.2) is 25.7 Å². The normalized spacial score (nSPS) is 20.6. The molecular weight excluding hydrogens is 198 g/mol. The monoisotopic (exact) mass is 215 g/mol. The van der Waals surface area contributed by atoms with E-state index < -0.39 is 0 Å². The summed E-state index contributed by atoms with van der Waals surface area (Å²) in [5.41, 5.74) is 3.06. The number of aryl methyl sites for hydroxylation is 1. The Bertz CT molecular complexity index is 420. The van der Waals surface area contributed by atoms with E-state index in [2.05, 4.69) is 29.3 Å². The van der Waals surface area contributed by atoms with Gasteiger partial charge in [-0.25, -0.2) is 0 Å². The average molecular weight is 215 g/mol. The van der Waals surface area contributed by atoms with Gasteiger partial charge in [-0.1, -0.05) is 0 Å². The third kappa shape index (κ3) is 2.17. The molecule has 3 nitrogen and oxygen atoms in total. The first-order chi connectivity index (χ1) is 7.70. The van der Waals surface area contributed by atoms with Gasteiger partial charge in [-0.15, -0.1) is 0 Å². The van der Waals surface area contributed by atoms with Crippen LogP contribution in [0.15, 0.2) is 18.2 Å². The first kappa shape index (κ1) is 11.0. The zero-order chi connectivity index (χ0) is 11.5. The number of hydrogen-bond donors (Lipinski definition) is 1. The molecule has 0 spiro atoms. The number of nitrogens with zero attached hydrogens (tertiary/aromatic N) is 2. The Balaban J connectivity index is 2.21. The first-order valence-corrected chi connectivity index (χ1v) is 5.70. The van der Waals surface area contributed by atoms with Gasteiger partial charge in [0.1, 0.15) is 0 Å². The van der Waals surface area contributed by atoms with Crippen molar-refractivity contribution in [3.8, 4) is 6.07 Å². The molecule has 0 saturated carbocycles. The molecule has 1 aromatic carbocycles. The minimum Gasteiger partial charge on any atom is -0.369 e. The Morgan fingerprint density at radius 3 is 2.94 bits per heavy atom. The van der Waals surface area contributed by atoms with Crippen molar-refractivity contribution in [2.75, 3.05) is 24.5 Å². The topological polar surface area (TPSA) is 39.1 Å². The number of nitriles is 1. The van der Waals surface area contributed by atoms with E-state index in [-0.39, 0.29) is 0 Å². The van der Waals surface area contributed by atoms with Crippen LogP contribution in [-0.2, 0) is 0 Å². The van der Waals surface area contributed by atoms with Crippen LogP contribution in [0.3, 0.4) is 0 Å². The Kier molecular flexibility index (Phi) is 3.12. The Hall–Kier alpha value is -1.53. The maximum absolute atomic E-state index is 8.89. The average Bonchev–Trinajstić information content (AvgIpc) is 2.29. The van der Waals surface area contributed by atoms with Crippen molar-refractivity contribution in [3.63, 3.8) is 0 Å². The van der Waals surface area contributed by atoms with Crippen LogP contribution in [0.5, 0.6) is 0 Å². The molecule has 16 heavy (non-hydrogen) atoms. The smallest absolute Gasteiger partial charge is 0.0994 e. The van der Waals surface area contributed by atoms with Gasteiger partial charge in [0.2, 0.25) is 0 Å². The van der Waals surface area contributed by atoms with Crippen molar-refractivity contribution in [1.29, 1.82) is 5.26 Å². The van der Waals surface area contributed by atoms with E-state index in [0.717, 1.165) is 30.8 Å². The fourth-order valence-electron chi connectivity index (χ4n) is 2.14. The second kappa shape index (κ2) is 4.54. The molecule has 84 valence electrons. The van der Waals surface area contributed by atoms with Crippen molar-refractivity contribution < 1.29 is 0 Å². The van der Waals surface area contributed by atoms with Gasteiger partial charge < -0.3 is 10.2 Å². The number of piperazine rings is 1. The first-order valence-electron chi connectivity index (χ1n) is 5.70. The van der Waals surface area contributed by atoms with Gasteiger partial charge in [-0.3, -0.25) is 0 Å². The van der Waals surface area contributed by atoms with Gasteiger partial charge in [0.25, 0.3) is 0 Å². The molecule has 3 heteroatoms. The molecule has 1 aliphatic rings. The minimum atomic E-state index is 0.532. The molecule has 1 heterocycles. The maximum atomic E-state index is 8.89. The lowest BCUT2D eigenvalue weighted by Gasteiger charge is -2.33. The fourth-order valence-corrected chi connectivity index (χ4v) is 2.14. The number of anilines is 1. The lowest BCUT2D eigenvalue weighted by Crippen LogP contribution is -2.49. The molecule has 1 atom stereocenters. The molecular formula is C13H17N3. The van der Waals surface area contributed by atoms with Crippen LogP contribution in [0.2, 0.25) is 0 Å². The highest BCUT2D eigenvalue weighted by Gasteiger charge is 2.16. The zero-order valence-corrected chi connectivity index (χ0v) is 9.83. The van der Waals surface area contributed by atoms with E-state index in [4.69, 9.17) is 5.26 Å². The van der Waals surface area contributed by atoms with Crippen LogP contribution >= 0.6 is 0 Å². The second-order valence-electron chi connectivity index (χ2n) is 4.41. The molecule has 1 saturated heterocycles. The molecule has 1 fully saturated rings. The summed E-state index contributed by atoms with van der Waals surface area (Å²) in [6, 6.07) is 8.80. The highest BCUT2D eigenvalue weighted by Crippen LogP contribution is 2.19. The largest absolute Gasteiger partial charge is 0.369 e. The predicted octanol–water partition coefficient (Wildman–Crippen LogP) is 1.66. The molecule has 1 unspecified atom stereocenters. The standard InChI is InChI=1S/C13H17N3/c1-10-7-13(4-3-12(10)8-14)16-6-5-15-11(2)9-16/h3-4,7,11,15H,5-6,9H2,1-2H3. The summed E-state index contributed by atoms with van der Waals surface area (Å²) >= 11 is 0. The maximum Gasteiger partial charge on any atom is 0.0994 e. The summed E-state index contributed by atoms with van der Waals surface area (Å²) in [7, 11) is 0. The van der Waals surface area contributed by atoms with Gasteiger partial charge in [-0.05, 0) is 37.6 Å². The molecule has 1 N–H and O–H groups in total. The third-order valence-corrected chi connectivity index (χ3v) is 3.06. The Morgan fingerprint density at radius 1 is 1.50 bits per heavy atom. The lowest BCUT2D eigenvalue weighted by atomic mass is 10.1. The van der Waals surface area contributed by atoms with E-state index in [1.54, 1.807) is 0 Å². The minimum absolute atomic E-state index is 0.532. The van der Waals surface area contributed by atoms with Crippen molar-refractivity contribution >= 4 is 5.69 Å². The molecule has 0 aromatic heterocycles. The number of nitrogens with one attached hydrogen (secondary N) is 1. The van der Waals surface area contributed by atoms with E-state index in [9.17, 15) is 0 Å². The molecule has 1 aromatic rings. The molecule has 2 rings (SSSR count). The van der Waals surface area contributed by atoms with Crippen LogP contribution in [0, 0.1) is 18.3 Å². The molecule has 1 aliphatic heterocycles. The van der Waals surface area contributed by atoms with Crippen LogP contribution in [0.4, 0.5) is 5.69 Å². The summed E-state index contributed by atoms with van der Waals surface area (Å²) in [5.74, 6) is 0. The van der Waals surface area contributed by atoms with Crippen LogP contribution in [0.25, 0.3) is 0 Å². The summed E-state index contributed by atoms with van der Waals surface area (Å²) < 4.78 is 0. The van der Waals surface area contributed by atoms with E-state index in [1.165, 1.54) is 5.69 Å². The van der Waals surface area contributed by atoms with Crippen LogP contribution < -0.4 is 10.2 Å². The van der Waals surface area contributed by atoms with Crippen molar-refractivity contribution in [3.05, 3.63) is 29.3 Å². The predicted molar refractivity (Wildman–Crippen MR) is 65.6 cm³/mol. The van der Waals surface area contributed by atoms with Crippen molar-refractivity contribution in [2.45, 2.75) is 19.9 Å². The van der Waals surface area contributed by atoms with E-state index in [1.807, 2.05) is 19.1 Å². The van der Waals surface area contributed by atoms with E-state index >= 15 is 0 Å². The summed E-state index contributed by atoms with van der Waals surface area (Å²) in [6.07, 6.45) is 0. The molecule has 0 bridgehead atoms. The van der Waals surface area contributed by atoms with Gasteiger partial charge in [0, 0.05) is 31.4 Å². The fraction of sp³-hybridized carbons (Fsp3) is 0.462. The molecule has 0 aliphatic carbocycles. The van der Waals surface area contributed by atoms with Crippen molar-refractivity contribution in [1.82, 2.24) is 5.32 Å². The van der Waals surface area contributed by atoms with Gasteiger partial charge in [0.05, 0.1) is 11.6 Å². The highest BCUT2D eigenvalue weighted by molar-refractivity contribution is 5.53. The summed E-state index contributed by atoms with van der Waals surface area (Å²) in [6.45, 7) is 7.29. The van der Waals surface area contributed by atoms with Crippen LogP contribution in [0.1, 0.15) is 18.1 Å². The van der Waals surface area contributed by atoms with Gasteiger partial charge in [-0.2, -0.15) is 5.26 Å². The second-order valence-corrected chi connectivity index (χ2v) is 4.41. The summed E-state index contributed by atoms with van der Waals surface area (Å²) in [4.78, 5) is 2.37. The lowest BCUT2D eigenvalue weighted by molar-refractivity contribution is 0.485. The third-order valence-electron chi connectivity index (χ3n) is 3.06. The SMILES string of the molecule is Cc1cc(N2CCNC(C)C2)ccc1C#N.